The first kappa shape index (κ1) is 11.9. The maximum Gasteiger partial charge on any atom is 0.244 e. The van der Waals surface area contributed by atoms with E-state index in [1.807, 2.05) is 4.90 Å². The van der Waals surface area contributed by atoms with Gasteiger partial charge in [0.2, 0.25) is 5.91 Å². The van der Waals surface area contributed by atoms with Crippen LogP contribution in [0.3, 0.4) is 0 Å². The highest BCUT2D eigenvalue weighted by atomic mass is 16.5. The van der Waals surface area contributed by atoms with Gasteiger partial charge in [-0.05, 0) is 12.8 Å². The molecule has 6 heteroatoms. The average molecular weight is 238 g/mol. The fourth-order valence-electron chi connectivity index (χ4n) is 1.78. The van der Waals surface area contributed by atoms with Gasteiger partial charge in [0.15, 0.2) is 0 Å². The quantitative estimate of drug-likeness (QED) is 0.763. The molecule has 1 heterocycles. The SMILES string of the molecule is COCCN(C(=O)Cn1cc(N)cn1)C1CC1. The first-order chi connectivity index (χ1) is 8.20. The van der Waals surface area contributed by atoms with Gasteiger partial charge in [0.25, 0.3) is 0 Å². The van der Waals surface area contributed by atoms with Gasteiger partial charge in [0.05, 0.1) is 18.5 Å². The molecule has 6 nitrogen and oxygen atoms in total. The summed E-state index contributed by atoms with van der Waals surface area (Å²) in [6.07, 6.45) is 5.40. The number of hydrogen-bond acceptors (Lipinski definition) is 4. The third-order valence-electron chi connectivity index (χ3n) is 2.79. The van der Waals surface area contributed by atoms with Crippen molar-refractivity contribution < 1.29 is 9.53 Å². The summed E-state index contributed by atoms with van der Waals surface area (Å²) < 4.78 is 6.59. The second-order valence-electron chi connectivity index (χ2n) is 4.28. The highest BCUT2D eigenvalue weighted by molar-refractivity contribution is 5.76. The van der Waals surface area contributed by atoms with E-state index in [0.717, 1.165) is 12.8 Å². The zero-order chi connectivity index (χ0) is 12.3. The molecule has 0 saturated heterocycles. The first-order valence-electron chi connectivity index (χ1n) is 5.77. The molecule has 0 spiro atoms. The highest BCUT2D eigenvalue weighted by Gasteiger charge is 2.32. The van der Waals surface area contributed by atoms with Crippen molar-refractivity contribution in [2.75, 3.05) is 26.0 Å². The van der Waals surface area contributed by atoms with Crippen molar-refractivity contribution >= 4 is 11.6 Å². The predicted octanol–water partition coefficient (Wildman–Crippen LogP) is 0.103. The van der Waals surface area contributed by atoms with Crippen LogP contribution in [-0.4, -0.2) is 46.9 Å². The Bertz CT molecular complexity index is 387. The van der Waals surface area contributed by atoms with Crippen LogP contribution >= 0.6 is 0 Å². The standard InChI is InChI=1S/C11H18N4O2/c1-17-5-4-15(10-2-3-10)11(16)8-14-7-9(12)6-13-14/h6-7,10H,2-5,8,12H2,1H3. The Kier molecular flexibility index (Phi) is 3.63. The monoisotopic (exact) mass is 238 g/mol. The van der Waals surface area contributed by atoms with Crippen LogP contribution < -0.4 is 5.73 Å². The van der Waals surface area contributed by atoms with Gasteiger partial charge >= 0.3 is 0 Å². The van der Waals surface area contributed by atoms with Crippen LogP contribution in [0.1, 0.15) is 12.8 Å². The maximum absolute atomic E-state index is 12.1. The summed E-state index contributed by atoms with van der Waals surface area (Å²) in [5.41, 5.74) is 6.13. The van der Waals surface area contributed by atoms with E-state index in [-0.39, 0.29) is 12.5 Å². The molecule has 0 aromatic carbocycles. The minimum Gasteiger partial charge on any atom is -0.396 e. The molecule has 1 fully saturated rings. The van der Waals surface area contributed by atoms with Gasteiger partial charge in [0.1, 0.15) is 6.54 Å². The molecule has 0 atom stereocenters. The zero-order valence-electron chi connectivity index (χ0n) is 10.0. The number of carbonyl (C=O) groups is 1. The van der Waals surface area contributed by atoms with E-state index in [1.165, 1.54) is 0 Å². The second kappa shape index (κ2) is 5.18. The van der Waals surface area contributed by atoms with Crippen molar-refractivity contribution in [3.8, 4) is 0 Å². The second-order valence-corrected chi connectivity index (χ2v) is 4.28. The van der Waals surface area contributed by atoms with Crippen LogP contribution in [0.5, 0.6) is 0 Å². The van der Waals surface area contributed by atoms with E-state index >= 15 is 0 Å². The van der Waals surface area contributed by atoms with E-state index in [1.54, 1.807) is 24.2 Å². The van der Waals surface area contributed by atoms with E-state index in [0.29, 0.717) is 24.9 Å². The number of rotatable bonds is 6. The van der Waals surface area contributed by atoms with Gasteiger partial charge in [-0.3, -0.25) is 9.48 Å². The molecule has 2 N–H and O–H groups in total. The number of nitrogens with two attached hydrogens (primary N) is 1. The highest BCUT2D eigenvalue weighted by Crippen LogP contribution is 2.26. The Balaban J connectivity index is 1.91. The van der Waals surface area contributed by atoms with Crippen LogP contribution in [-0.2, 0) is 16.1 Å². The lowest BCUT2D eigenvalue weighted by molar-refractivity contribution is -0.133. The summed E-state index contributed by atoms with van der Waals surface area (Å²) >= 11 is 0. The van der Waals surface area contributed by atoms with Gasteiger partial charge in [-0.2, -0.15) is 5.10 Å². The van der Waals surface area contributed by atoms with Crippen molar-refractivity contribution in [1.29, 1.82) is 0 Å². The Labute approximate surface area is 100 Å². The van der Waals surface area contributed by atoms with Gasteiger partial charge in [-0.1, -0.05) is 0 Å². The zero-order valence-corrected chi connectivity index (χ0v) is 10.0. The lowest BCUT2D eigenvalue weighted by Crippen LogP contribution is -2.38. The molecule has 1 aliphatic rings. The third-order valence-corrected chi connectivity index (χ3v) is 2.79. The minimum absolute atomic E-state index is 0.0765. The van der Waals surface area contributed by atoms with Crippen LogP contribution in [0, 0.1) is 0 Å². The van der Waals surface area contributed by atoms with Gasteiger partial charge in [-0.15, -0.1) is 0 Å². The number of aromatic nitrogens is 2. The summed E-state index contributed by atoms with van der Waals surface area (Å²) in [7, 11) is 1.64. The molecule has 0 radical (unpaired) electrons. The van der Waals surface area contributed by atoms with E-state index < -0.39 is 0 Å². The van der Waals surface area contributed by atoms with Crippen molar-refractivity contribution in [2.24, 2.45) is 0 Å². The number of ether oxygens (including phenoxy) is 1. The van der Waals surface area contributed by atoms with Gasteiger partial charge < -0.3 is 15.4 Å². The topological polar surface area (TPSA) is 73.4 Å². The number of nitrogen functional groups attached to an aromatic ring is 1. The van der Waals surface area contributed by atoms with Crippen LogP contribution in [0.15, 0.2) is 12.4 Å². The summed E-state index contributed by atoms with van der Waals surface area (Å²) in [6, 6.07) is 0.394. The molecule has 2 rings (SSSR count). The predicted molar refractivity (Wildman–Crippen MR) is 63.3 cm³/mol. The average Bonchev–Trinajstić information content (AvgIpc) is 3.04. The van der Waals surface area contributed by atoms with Crippen molar-refractivity contribution in [3.63, 3.8) is 0 Å². The molecule has 94 valence electrons. The molecule has 1 amide bonds. The Morgan fingerprint density at radius 1 is 1.71 bits per heavy atom. The lowest BCUT2D eigenvalue weighted by atomic mass is 10.4. The van der Waals surface area contributed by atoms with Crippen LogP contribution in [0.4, 0.5) is 5.69 Å². The molecule has 1 aromatic heterocycles. The molecule has 1 aromatic rings. The molecule has 1 aliphatic carbocycles. The van der Waals surface area contributed by atoms with Crippen molar-refractivity contribution in [2.45, 2.75) is 25.4 Å². The number of carbonyl (C=O) groups excluding carboxylic acids is 1. The minimum atomic E-state index is 0.0765. The number of hydrogen-bond donors (Lipinski definition) is 1. The number of anilines is 1. The molecule has 1 saturated carbocycles. The normalized spacial score (nSPS) is 14.9. The Hall–Kier alpha value is -1.56. The molecule has 0 bridgehead atoms. The lowest BCUT2D eigenvalue weighted by Gasteiger charge is -2.21. The smallest absolute Gasteiger partial charge is 0.244 e. The van der Waals surface area contributed by atoms with Crippen LogP contribution in [0.2, 0.25) is 0 Å². The Morgan fingerprint density at radius 3 is 3.00 bits per heavy atom. The van der Waals surface area contributed by atoms with E-state index in [2.05, 4.69) is 5.10 Å². The van der Waals surface area contributed by atoms with E-state index in [4.69, 9.17) is 10.5 Å². The fourth-order valence-corrected chi connectivity index (χ4v) is 1.78. The van der Waals surface area contributed by atoms with Gasteiger partial charge in [0, 0.05) is 25.9 Å². The summed E-state index contributed by atoms with van der Waals surface area (Å²) in [5, 5.41) is 4.01. The molecule has 17 heavy (non-hydrogen) atoms. The maximum atomic E-state index is 12.1. The summed E-state index contributed by atoms with van der Waals surface area (Å²) in [4.78, 5) is 14.0. The summed E-state index contributed by atoms with van der Waals surface area (Å²) in [5.74, 6) is 0.0765. The van der Waals surface area contributed by atoms with Crippen molar-refractivity contribution in [1.82, 2.24) is 14.7 Å². The Morgan fingerprint density at radius 2 is 2.47 bits per heavy atom. The number of methoxy groups -OCH3 is 1. The fraction of sp³-hybridized carbons (Fsp3) is 0.636. The van der Waals surface area contributed by atoms with Gasteiger partial charge in [-0.25, -0.2) is 0 Å². The summed E-state index contributed by atoms with van der Waals surface area (Å²) in [6.45, 7) is 1.47. The molecule has 0 aliphatic heterocycles. The van der Waals surface area contributed by atoms with E-state index in [9.17, 15) is 4.79 Å². The van der Waals surface area contributed by atoms with Crippen molar-refractivity contribution in [3.05, 3.63) is 12.4 Å². The first-order valence-corrected chi connectivity index (χ1v) is 5.77. The molecule has 0 unspecified atom stereocenters. The number of amides is 1. The largest absolute Gasteiger partial charge is 0.396 e. The number of nitrogens with zero attached hydrogens (tertiary/aromatic N) is 3. The third kappa shape index (κ3) is 3.20. The van der Waals surface area contributed by atoms with Crippen LogP contribution in [0.25, 0.3) is 0 Å². The molecular formula is C11H18N4O2. The molecular weight excluding hydrogens is 220 g/mol.